The Bertz CT molecular complexity index is 416. The number of rotatable bonds is 8. The number of benzene rings is 1. The Morgan fingerprint density at radius 1 is 1.43 bits per heavy atom. The topological polar surface area (TPSA) is 50.4 Å². The highest BCUT2D eigenvalue weighted by atomic mass is 16.5. The van der Waals surface area contributed by atoms with E-state index in [1.807, 2.05) is 18.2 Å². The van der Waals surface area contributed by atoms with Crippen molar-refractivity contribution in [3.63, 3.8) is 0 Å². The summed E-state index contributed by atoms with van der Waals surface area (Å²) in [7, 11) is 0. The number of ether oxygens (including phenoxy) is 1. The second-order valence-corrected chi connectivity index (χ2v) is 5.62. The van der Waals surface area contributed by atoms with Crippen molar-refractivity contribution in [3.05, 3.63) is 35.9 Å². The minimum atomic E-state index is 0.101. The van der Waals surface area contributed by atoms with Crippen LogP contribution in [0, 0.1) is 0 Å². The molecule has 1 amide bonds. The van der Waals surface area contributed by atoms with E-state index in [1.165, 1.54) is 12.0 Å². The molecule has 1 aromatic carbocycles. The van der Waals surface area contributed by atoms with E-state index in [-0.39, 0.29) is 12.0 Å². The van der Waals surface area contributed by atoms with Crippen molar-refractivity contribution in [1.29, 1.82) is 0 Å². The summed E-state index contributed by atoms with van der Waals surface area (Å²) in [6.07, 6.45) is 3.85. The SMILES string of the molecule is CC(OCCCNC(=O)CC1CCCN1)c1ccccc1. The summed E-state index contributed by atoms with van der Waals surface area (Å²) in [4.78, 5) is 11.7. The normalized spacial score (nSPS) is 19.4. The minimum Gasteiger partial charge on any atom is -0.374 e. The lowest BCUT2D eigenvalue weighted by atomic mass is 10.1. The Kier molecular flexibility index (Phi) is 6.70. The van der Waals surface area contributed by atoms with E-state index in [9.17, 15) is 4.79 Å². The molecule has 0 bridgehead atoms. The fraction of sp³-hybridized carbons (Fsp3) is 0.588. The summed E-state index contributed by atoms with van der Waals surface area (Å²) in [6, 6.07) is 10.6. The molecule has 0 saturated carbocycles. The van der Waals surface area contributed by atoms with Gasteiger partial charge < -0.3 is 15.4 Å². The van der Waals surface area contributed by atoms with Gasteiger partial charge in [-0.2, -0.15) is 0 Å². The lowest BCUT2D eigenvalue weighted by molar-refractivity contribution is -0.121. The molecule has 1 fully saturated rings. The largest absolute Gasteiger partial charge is 0.374 e. The lowest BCUT2D eigenvalue weighted by Gasteiger charge is -2.14. The van der Waals surface area contributed by atoms with Gasteiger partial charge >= 0.3 is 0 Å². The molecule has 4 nitrogen and oxygen atoms in total. The van der Waals surface area contributed by atoms with Gasteiger partial charge in [-0.05, 0) is 38.3 Å². The molecule has 1 heterocycles. The fourth-order valence-corrected chi connectivity index (χ4v) is 2.61. The molecular weight excluding hydrogens is 264 g/mol. The summed E-state index contributed by atoms with van der Waals surface area (Å²) >= 11 is 0. The van der Waals surface area contributed by atoms with Crippen molar-refractivity contribution < 1.29 is 9.53 Å². The minimum absolute atomic E-state index is 0.101. The second-order valence-electron chi connectivity index (χ2n) is 5.62. The number of hydrogen-bond donors (Lipinski definition) is 2. The summed E-state index contributed by atoms with van der Waals surface area (Å²) in [6.45, 7) is 4.45. The highest BCUT2D eigenvalue weighted by Crippen LogP contribution is 2.15. The van der Waals surface area contributed by atoms with Crippen LogP contribution in [0.1, 0.15) is 44.3 Å². The number of amides is 1. The van der Waals surface area contributed by atoms with Crippen LogP contribution in [0.3, 0.4) is 0 Å². The van der Waals surface area contributed by atoms with Gasteiger partial charge in [-0.25, -0.2) is 0 Å². The predicted molar refractivity (Wildman–Crippen MR) is 84.1 cm³/mol. The molecule has 0 aliphatic carbocycles. The first kappa shape index (κ1) is 16.0. The van der Waals surface area contributed by atoms with Crippen molar-refractivity contribution in [3.8, 4) is 0 Å². The summed E-state index contributed by atoms with van der Waals surface area (Å²) in [5.41, 5.74) is 1.19. The molecule has 1 saturated heterocycles. The Morgan fingerprint density at radius 2 is 2.24 bits per heavy atom. The maximum absolute atomic E-state index is 11.7. The van der Waals surface area contributed by atoms with E-state index >= 15 is 0 Å². The molecule has 1 aliphatic heterocycles. The number of hydrogen-bond acceptors (Lipinski definition) is 3. The Labute approximate surface area is 127 Å². The van der Waals surface area contributed by atoms with Crippen LogP contribution in [0.5, 0.6) is 0 Å². The van der Waals surface area contributed by atoms with Gasteiger partial charge in [0.2, 0.25) is 5.91 Å². The predicted octanol–water partition coefficient (Wildman–Crippen LogP) is 2.41. The molecule has 116 valence electrons. The molecule has 1 aromatic rings. The highest BCUT2D eigenvalue weighted by Gasteiger charge is 2.17. The van der Waals surface area contributed by atoms with Gasteiger partial charge in [0, 0.05) is 25.6 Å². The van der Waals surface area contributed by atoms with Crippen molar-refractivity contribution >= 4 is 5.91 Å². The average molecular weight is 290 g/mol. The smallest absolute Gasteiger partial charge is 0.221 e. The molecule has 2 N–H and O–H groups in total. The molecule has 2 atom stereocenters. The zero-order valence-corrected chi connectivity index (χ0v) is 12.8. The molecule has 0 aromatic heterocycles. The Hall–Kier alpha value is -1.39. The van der Waals surface area contributed by atoms with Gasteiger partial charge in [-0.1, -0.05) is 30.3 Å². The van der Waals surface area contributed by atoms with Gasteiger partial charge in [-0.15, -0.1) is 0 Å². The summed E-state index contributed by atoms with van der Waals surface area (Å²) < 4.78 is 5.78. The van der Waals surface area contributed by atoms with E-state index < -0.39 is 0 Å². The zero-order valence-electron chi connectivity index (χ0n) is 12.8. The average Bonchev–Trinajstić information content (AvgIpc) is 3.00. The lowest BCUT2D eigenvalue weighted by Crippen LogP contribution is -2.32. The van der Waals surface area contributed by atoms with Gasteiger partial charge in [-0.3, -0.25) is 4.79 Å². The standard InChI is InChI=1S/C17H26N2O2/c1-14(15-7-3-2-4-8-15)21-12-6-11-19-17(20)13-16-9-5-10-18-16/h2-4,7-8,14,16,18H,5-6,9-13H2,1H3,(H,19,20). The van der Waals surface area contributed by atoms with Crippen molar-refractivity contribution in [1.82, 2.24) is 10.6 Å². The monoisotopic (exact) mass is 290 g/mol. The third-order valence-electron chi connectivity index (χ3n) is 3.87. The third-order valence-corrected chi connectivity index (χ3v) is 3.87. The van der Waals surface area contributed by atoms with Crippen LogP contribution >= 0.6 is 0 Å². The van der Waals surface area contributed by atoms with Crippen LogP contribution in [0.15, 0.2) is 30.3 Å². The van der Waals surface area contributed by atoms with Crippen LogP contribution in [0.2, 0.25) is 0 Å². The van der Waals surface area contributed by atoms with Gasteiger partial charge in [0.15, 0.2) is 0 Å². The molecule has 0 radical (unpaired) electrons. The maximum atomic E-state index is 11.7. The van der Waals surface area contributed by atoms with Crippen molar-refractivity contribution in [2.75, 3.05) is 19.7 Å². The molecular formula is C17H26N2O2. The van der Waals surface area contributed by atoms with E-state index in [2.05, 4.69) is 29.7 Å². The molecule has 21 heavy (non-hydrogen) atoms. The van der Waals surface area contributed by atoms with Gasteiger partial charge in [0.05, 0.1) is 6.10 Å². The quantitative estimate of drug-likeness (QED) is 0.723. The highest BCUT2D eigenvalue weighted by molar-refractivity contribution is 5.76. The number of carbonyl (C=O) groups is 1. The number of carbonyl (C=O) groups excluding carboxylic acids is 1. The first-order valence-corrected chi connectivity index (χ1v) is 7.92. The molecule has 2 unspecified atom stereocenters. The second kappa shape index (κ2) is 8.80. The van der Waals surface area contributed by atoms with E-state index in [1.54, 1.807) is 0 Å². The third kappa shape index (κ3) is 5.86. The van der Waals surface area contributed by atoms with E-state index in [0.29, 0.717) is 25.6 Å². The molecule has 0 spiro atoms. The summed E-state index contributed by atoms with van der Waals surface area (Å²) in [5, 5.41) is 6.30. The number of nitrogens with one attached hydrogen (secondary N) is 2. The van der Waals surface area contributed by atoms with Gasteiger partial charge in [0.1, 0.15) is 0 Å². The Morgan fingerprint density at radius 3 is 2.95 bits per heavy atom. The van der Waals surface area contributed by atoms with E-state index in [4.69, 9.17) is 4.74 Å². The van der Waals surface area contributed by atoms with Crippen LogP contribution in [-0.2, 0) is 9.53 Å². The fourth-order valence-electron chi connectivity index (χ4n) is 2.61. The van der Waals surface area contributed by atoms with Crippen LogP contribution in [-0.4, -0.2) is 31.6 Å². The summed E-state index contributed by atoms with van der Waals surface area (Å²) in [5.74, 6) is 0.144. The van der Waals surface area contributed by atoms with Crippen molar-refractivity contribution in [2.45, 2.75) is 44.8 Å². The van der Waals surface area contributed by atoms with E-state index in [0.717, 1.165) is 19.4 Å². The van der Waals surface area contributed by atoms with Crippen LogP contribution in [0.4, 0.5) is 0 Å². The Balaban J connectivity index is 1.52. The first-order chi connectivity index (χ1) is 10.3. The molecule has 2 rings (SSSR count). The van der Waals surface area contributed by atoms with Gasteiger partial charge in [0.25, 0.3) is 0 Å². The molecule has 4 heteroatoms. The van der Waals surface area contributed by atoms with Crippen LogP contribution in [0.25, 0.3) is 0 Å². The van der Waals surface area contributed by atoms with Crippen molar-refractivity contribution in [2.24, 2.45) is 0 Å². The molecule has 1 aliphatic rings. The maximum Gasteiger partial charge on any atom is 0.221 e. The zero-order chi connectivity index (χ0) is 14.9. The van der Waals surface area contributed by atoms with Crippen LogP contribution < -0.4 is 10.6 Å². The first-order valence-electron chi connectivity index (χ1n) is 7.92.